The van der Waals surface area contributed by atoms with Gasteiger partial charge in [0.25, 0.3) is 5.91 Å². The second kappa shape index (κ2) is 6.11. The number of piperidine rings is 1. The van der Waals surface area contributed by atoms with E-state index in [0.717, 1.165) is 42.8 Å². The van der Waals surface area contributed by atoms with Crippen molar-refractivity contribution in [1.82, 2.24) is 19.7 Å². The Morgan fingerprint density at radius 1 is 1.17 bits per heavy atom. The van der Waals surface area contributed by atoms with Gasteiger partial charge >= 0.3 is 0 Å². The molecule has 1 atom stereocenters. The van der Waals surface area contributed by atoms with Crippen molar-refractivity contribution in [3.05, 3.63) is 53.5 Å². The van der Waals surface area contributed by atoms with Gasteiger partial charge < -0.3 is 10.2 Å². The van der Waals surface area contributed by atoms with Gasteiger partial charge in [0.1, 0.15) is 12.4 Å². The summed E-state index contributed by atoms with van der Waals surface area (Å²) in [4.78, 5) is 19.5. The Balaban J connectivity index is 1.78. The molecule has 2 aliphatic rings. The Morgan fingerprint density at radius 3 is 2.67 bits per heavy atom. The van der Waals surface area contributed by atoms with Crippen molar-refractivity contribution in [2.75, 3.05) is 18.4 Å². The van der Waals surface area contributed by atoms with E-state index in [4.69, 9.17) is 0 Å². The number of hydrogen-bond donors (Lipinski definition) is 1. The zero-order chi connectivity index (χ0) is 16.5. The molecule has 6 nitrogen and oxygen atoms in total. The molecular weight excluding hydrogens is 302 g/mol. The summed E-state index contributed by atoms with van der Waals surface area (Å²) in [5.41, 5.74) is 2.67. The average Bonchev–Trinajstić information content (AvgIpc) is 3.09. The summed E-state index contributed by atoms with van der Waals surface area (Å²) in [6.07, 6.45) is 4.89. The van der Waals surface area contributed by atoms with Crippen molar-refractivity contribution in [3.8, 4) is 0 Å². The minimum atomic E-state index is -0.237. The lowest BCUT2D eigenvalue weighted by Crippen LogP contribution is -2.40. The number of allylic oxidation sites excluding steroid dienone is 1. The van der Waals surface area contributed by atoms with Crippen molar-refractivity contribution in [3.63, 3.8) is 0 Å². The summed E-state index contributed by atoms with van der Waals surface area (Å²) in [7, 11) is 0. The SMILES string of the molecule is CC1=C(C(=O)N2CCCCC2)[C@@H](c2ccccc2)n2ncnc2N1. The summed E-state index contributed by atoms with van der Waals surface area (Å²) < 4.78 is 1.81. The molecule has 2 aromatic rings. The van der Waals surface area contributed by atoms with E-state index in [1.165, 1.54) is 12.7 Å². The maximum Gasteiger partial charge on any atom is 0.254 e. The second-order valence-corrected chi connectivity index (χ2v) is 6.36. The Morgan fingerprint density at radius 2 is 1.92 bits per heavy atom. The molecule has 3 heterocycles. The molecule has 1 aromatic carbocycles. The summed E-state index contributed by atoms with van der Waals surface area (Å²) in [6.45, 7) is 3.62. The van der Waals surface area contributed by atoms with Crippen molar-refractivity contribution >= 4 is 11.9 Å². The van der Waals surface area contributed by atoms with E-state index < -0.39 is 0 Å². The summed E-state index contributed by atoms with van der Waals surface area (Å²) in [6, 6.07) is 9.81. The first kappa shape index (κ1) is 14.9. The Kier molecular flexibility index (Phi) is 3.80. The number of aromatic nitrogens is 3. The number of benzene rings is 1. The molecule has 2 aliphatic heterocycles. The van der Waals surface area contributed by atoms with E-state index in [-0.39, 0.29) is 11.9 Å². The van der Waals surface area contributed by atoms with Gasteiger partial charge in [0, 0.05) is 18.8 Å². The number of fused-ring (bicyclic) bond motifs is 1. The van der Waals surface area contributed by atoms with Crippen LogP contribution < -0.4 is 5.32 Å². The quantitative estimate of drug-likeness (QED) is 0.923. The molecular formula is C18H21N5O. The molecule has 24 heavy (non-hydrogen) atoms. The molecule has 0 saturated carbocycles. The first-order valence-electron chi connectivity index (χ1n) is 8.47. The third-order valence-corrected chi connectivity index (χ3v) is 4.78. The van der Waals surface area contributed by atoms with Crippen LogP contribution in [0.2, 0.25) is 0 Å². The normalized spacial score (nSPS) is 20.5. The van der Waals surface area contributed by atoms with E-state index in [0.29, 0.717) is 5.95 Å². The van der Waals surface area contributed by atoms with Gasteiger partial charge in [0.2, 0.25) is 5.95 Å². The fourth-order valence-corrected chi connectivity index (χ4v) is 3.58. The van der Waals surface area contributed by atoms with Gasteiger partial charge in [-0.3, -0.25) is 4.79 Å². The predicted molar refractivity (Wildman–Crippen MR) is 91.4 cm³/mol. The van der Waals surface area contributed by atoms with Crippen molar-refractivity contribution in [1.29, 1.82) is 0 Å². The average molecular weight is 323 g/mol. The van der Waals surface area contributed by atoms with Crippen LogP contribution in [0, 0.1) is 0 Å². The topological polar surface area (TPSA) is 63.1 Å². The molecule has 6 heteroatoms. The van der Waals surface area contributed by atoms with Gasteiger partial charge in [0.05, 0.1) is 5.57 Å². The van der Waals surface area contributed by atoms with Gasteiger partial charge in [-0.2, -0.15) is 10.1 Å². The van der Waals surface area contributed by atoms with Gasteiger partial charge in [-0.1, -0.05) is 30.3 Å². The zero-order valence-corrected chi connectivity index (χ0v) is 13.8. The lowest BCUT2D eigenvalue weighted by molar-refractivity contribution is -0.128. The van der Waals surface area contributed by atoms with Gasteiger partial charge in [-0.25, -0.2) is 4.68 Å². The van der Waals surface area contributed by atoms with Gasteiger partial charge in [0.15, 0.2) is 0 Å². The first-order chi connectivity index (χ1) is 11.8. The molecule has 1 aromatic heterocycles. The minimum Gasteiger partial charge on any atom is -0.339 e. The predicted octanol–water partition coefficient (Wildman–Crippen LogP) is 2.58. The van der Waals surface area contributed by atoms with Crippen LogP contribution in [0.3, 0.4) is 0 Å². The largest absolute Gasteiger partial charge is 0.339 e. The third-order valence-electron chi connectivity index (χ3n) is 4.78. The Bertz CT molecular complexity index is 774. The number of likely N-dealkylation sites (tertiary alicyclic amines) is 1. The first-order valence-corrected chi connectivity index (χ1v) is 8.47. The van der Waals surface area contributed by atoms with E-state index in [1.807, 2.05) is 42.2 Å². The molecule has 0 unspecified atom stereocenters. The highest BCUT2D eigenvalue weighted by molar-refractivity contribution is 5.96. The third kappa shape index (κ3) is 2.48. The van der Waals surface area contributed by atoms with Crippen LogP contribution in [0.25, 0.3) is 0 Å². The molecule has 4 rings (SSSR count). The van der Waals surface area contributed by atoms with Crippen molar-refractivity contribution < 1.29 is 4.79 Å². The van der Waals surface area contributed by atoms with Crippen molar-refractivity contribution in [2.45, 2.75) is 32.2 Å². The van der Waals surface area contributed by atoms with Crippen LogP contribution in [0.1, 0.15) is 37.8 Å². The maximum atomic E-state index is 13.2. The van der Waals surface area contributed by atoms with E-state index in [9.17, 15) is 4.79 Å². The number of nitrogens with zero attached hydrogens (tertiary/aromatic N) is 4. The summed E-state index contributed by atoms with van der Waals surface area (Å²) in [5.74, 6) is 0.784. The molecule has 0 spiro atoms. The summed E-state index contributed by atoms with van der Waals surface area (Å²) in [5, 5.41) is 7.60. The van der Waals surface area contributed by atoms with Crippen LogP contribution in [-0.4, -0.2) is 38.7 Å². The van der Waals surface area contributed by atoms with E-state index >= 15 is 0 Å². The molecule has 1 amide bonds. The van der Waals surface area contributed by atoms with E-state index in [2.05, 4.69) is 15.4 Å². The summed E-state index contributed by atoms with van der Waals surface area (Å²) >= 11 is 0. The van der Waals surface area contributed by atoms with Crippen molar-refractivity contribution in [2.24, 2.45) is 0 Å². The molecule has 124 valence electrons. The fourth-order valence-electron chi connectivity index (χ4n) is 3.58. The van der Waals surface area contributed by atoms with Gasteiger partial charge in [-0.05, 0) is 31.7 Å². The maximum absolute atomic E-state index is 13.2. The van der Waals surface area contributed by atoms with Crippen LogP contribution >= 0.6 is 0 Å². The number of hydrogen-bond acceptors (Lipinski definition) is 4. The lowest BCUT2D eigenvalue weighted by Gasteiger charge is -2.33. The highest BCUT2D eigenvalue weighted by Gasteiger charge is 2.35. The Hall–Kier alpha value is -2.63. The molecule has 1 saturated heterocycles. The highest BCUT2D eigenvalue weighted by atomic mass is 16.2. The number of amides is 1. The highest BCUT2D eigenvalue weighted by Crippen LogP contribution is 2.35. The molecule has 1 fully saturated rings. The Labute approximate surface area is 141 Å². The fraction of sp³-hybridized carbons (Fsp3) is 0.389. The second-order valence-electron chi connectivity index (χ2n) is 6.36. The van der Waals surface area contributed by atoms with Gasteiger partial charge in [-0.15, -0.1) is 0 Å². The molecule has 1 N–H and O–H groups in total. The molecule has 0 aliphatic carbocycles. The number of anilines is 1. The lowest BCUT2D eigenvalue weighted by atomic mass is 9.94. The van der Waals surface area contributed by atoms with Crippen LogP contribution in [0.15, 0.2) is 47.9 Å². The minimum absolute atomic E-state index is 0.106. The van der Waals surface area contributed by atoms with E-state index in [1.54, 1.807) is 4.68 Å². The number of carbonyl (C=O) groups excluding carboxylic acids is 1. The number of carbonyl (C=O) groups is 1. The zero-order valence-electron chi connectivity index (χ0n) is 13.8. The monoisotopic (exact) mass is 323 g/mol. The van der Waals surface area contributed by atoms with Crippen LogP contribution in [0.5, 0.6) is 0 Å². The van der Waals surface area contributed by atoms with Crippen LogP contribution in [0.4, 0.5) is 5.95 Å². The molecule has 0 radical (unpaired) electrons. The number of rotatable bonds is 2. The van der Waals surface area contributed by atoms with Crippen LogP contribution in [-0.2, 0) is 4.79 Å². The number of nitrogens with one attached hydrogen (secondary N) is 1. The standard InChI is InChI=1S/C18H21N5O/c1-13-15(17(24)22-10-6-3-7-11-22)16(14-8-4-2-5-9-14)23-18(21-13)19-12-20-23/h2,4-5,8-9,12,16H,3,6-7,10-11H2,1H3,(H,19,20,21)/t16-/m1/s1. The molecule has 0 bridgehead atoms. The smallest absolute Gasteiger partial charge is 0.254 e.